The van der Waals surface area contributed by atoms with Crippen LogP contribution in [-0.4, -0.2) is 130 Å². The zero-order valence-corrected chi connectivity index (χ0v) is 33.1. The molecule has 3 aromatic rings. The molecule has 2 saturated heterocycles. The second kappa shape index (κ2) is 18.7. The number of hydrogen-bond donors (Lipinski definition) is 2. The molecule has 0 saturated carbocycles. The number of esters is 3. The molecule has 18 nitrogen and oxygen atoms in total. The van der Waals surface area contributed by atoms with E-state index >= 15 is 0 Å². The molecule has 292 valence electrons. The highest BCUT2D eigenvalue weighted by Gasteiger charge is 2.33. The zero-order valence-electron chi connectivity index (χ0n) is 30.7. The quantitative estimate of drug-likeness (QED) is 0.167. The number of anilines is 1. The summed E-state index contributed by atoms with van der Waals surface area (Å²) in [6, 6.07) is 3.52. The van der Waals surface area contributed by atoms with E-state index in [4.69, 9.17) is 23.7 Å². The number of hydrogen-bond acceptors (Lipinski definition) is 17. The molecule has 1 amide bonds. The lowest BCUT2D eigenvalue weighted by molar-refractivity contribution is -0.173. The molecule has 2 aliphatic rings. The third-order valence-electron chi connectivity index (χ3n) is 8.06. The standard InChI is InChI=1S/C34H44BrN9O9S/c1-20(31(47)44-13-12-38-33(44)40-23-6-7-24-28(27(23)35)37-11-10-36-24)52-32(48)21(2)51-25(45)8-9-26(46)53-22(18-39-34(3,4)5)19-50-30-29(41-54-42-30)43-14-16-49-17-15-43/h6-7,10-11,20-22,39H,8-9,12-19H2,1-5H3,(H,38,40)/t20?,21?,22-/m0/s1. The lowest BCUT2D eigenvalue weighted by Crippen LogP contribution is -2.44. The molecule has 54 heavy (non-hydrogen) atoms. The Morgan fingerprint density at radius 1 is 1.00 bits per heavy atom. The number of nitrogens with one attached hydrogen (secondary N) is 2. The highest BCUT2D eigenvalue weighted by atomic mass is 79.9. The van der Waals surface area contributed by atoms with Crippen LogP contribution in [0.25, 0.3) is 11.0 Å². The third-order valence-corrected chi connectivity index (χ3v) is 9.34. The van der Waals surface area contributed by atoms with Gasteiger partial charge in [0, 0.05) is 50.7 Å². The number of carbonyl (C=O) groups excluding carboxylic acids is 4. The fourth-order valence-electron chi connectivity index (χ4n) is 5.24. The predicted octanol–water partition coefficient (Wildman–Crippen LogP) is 2.52. The van der Waals surface area contributed by atoms with Crippen LogP contribution >= 0.6 is 27.7 Å². The lowest BCUT2D eigenvalue weighted by Gasteiger charge is -2.27. The summed E-state index contributed by atoms with van der Waals surface area (Å²) >= 11 is 4.54. The number of amides is 1. The second-order valence-electron chi connectivity index (χ2n) is 13.4. The topological polar surface area (TPSA) is 209 Å². The number of carbonyl (C=O) groups is 4. The van der Waals surface area contributed by atoms with Crippen LogP contribution in [-0.2, 0) is 38.1 Å². The minimum atomic E-state index is -1.34. The van der Waals surface area contributed by atoms with Gasteiger partial charge in [-0.1, -0.05) is 0 Å². The number of rotatable bonds is 15. The molecule has 0 bridgehead atoms. The minimum absolute atomic E-state index is 0.00117. The molecule has 3 atom stereocenters. The molecule has 2 fully saturated rings. The van der Waals surface area contributed by atoms with Crippen molar-refractivity contribution in [3.05, 3.63) is 29.0 Å². The maximum atomic E-state index is 13.3. The average Bonchev–Trinajstić information content (AvgIpc) is 3.82. The number of nitrogens with zero attached hydrogens (tertiary/aromatic N) is 7. The van der Waals surface area contributed by atoms with Crippen LogP contribution in [0.4, 0.5) is 11.5 Å². The van der Waals surface area contributed by atoms with Crippen LogP contribution in [0.3, 0.4) is 0 Å². The van der Waals surface area contributed by atoms with Gasteiger partial charge in [-0.15, -0.1) is 4.37 Å². The van der Waals surface area contributed by atoms with E-state index in [1.54, 1.807) is 24.5 Å². The summed E-state index contributed by atoms with van der Waals surface area (Å²) in [5.41, 5.74) is 1.55. The molecule has 2 aliphatic heterocycles. The maximum Gasteiger partial charge on any atom is 0.347 e. The van der Waals surface area contributed by atoms with Crippen molar-refractivity contribution in [2.75, 3.05) is 57.4 Å². The van der Waals surface area contributed by atoms with Crippen LogP contribution in [0.1, 0.15) is 47.5 Å². The van der Waals surface area contributed by atoms with Crippen LogP contribution < -0.4 is 20.3 Å². The Kier molecular flexibility index (Phi) is 14.1. The summed E-state index contributed by atoms with van der Waals surface area (Å²) in [6.07, 6.45) is -0.753. The van der Waals surface area contributed by atoms with Gasteiger partial charge in [-0.25, -0.2) is 9.79 Å². The summed E-state index contributed by atoms with van der Waals surface area (Å²) < 4.78 is 36.8. The number of fused-ring (bicyclic) bond motifs is 1. The summed E-state index contributed by atoms with van der Waals surface area (Å²) in [7, 11) is 0. The van der Waals surface area contributed by atoms with Gasteiger partial charge in [0.1, 0.15) is 18.2 Å². The molecule has 2 unspecified atom stereocenters. The van der Waals surface area contributed by atoms with E-state index in [1.165, 1.54) is 18.7 Å². The maximum absolute atomic E-state index is 13.3. The third kappa shape index (κ3) is 11.2. The van der Waals surface area contributed by atoms with Gasteiger partial charge in [0.25, 0.3) is 11.8 Å². The molecule has 20 heteroatoms. The summed E-state index contributed by atoms with van der Waals surface area (Å²) in [5, 5.41) is 6.37. The number of benzene rings is 1. The van der Waals surface area contributed by atoms with Gasteiger partial charge in [0.2, 0.25) is 11.8 Å². The van der Waals surface area contributed by atoms with Crippen molar-refractivity contribution in [3.63, 3.8) is 0 Å². The van der Waals surface area contributed by atoms with Crippen LogP contribution in [0.5, 0.6) is 5.88 Å². The predicted molar refractivity (Wildman–Crippen MR) is 200 cm³/mol. The molecule has 2 aromatic heterocycles. The lowest BCUT2D eigenvalue weighted by atomic mass is 10.1. The van der Waals surface area contributed by atoms with E-state index in [2.05, 4.69) is 50.3 Å². The summed E-state index contributed by atoms with van der Waals surface area (Å²) in [6.45, 7) is 12.1. The molecule has 2 N–H and O–H groups in total. The van der Waals surface area contributed by atoms with Gasteiger partial charge in [-0.2, -0.15) is 4.37 Å². The first kappa shape index (κ1) is 40.7. The first-order chi connectivity index (χ1) is 25.8. The molecular formula is C34H44BrN9O9S. The van der Waals surface area contributed by atoms with Gasteiger partial charge in [-0.3, -0.25) is 29.3 Å². The molecule has 4 heterocycles. The van der Waals surface area contributed by atoms with E-state index in [9.17, 15) is 19.2 Å². The van der Waals surface area contributed by atoms with Gasteiger partial charge < -0.3 is 39.2 Å². The van der Waals surface area contributed by atoms with Crippen molar-refractivity contribution in [3.8, 4) is 5.88 Å². The number of guanidine groups is 1. The Hall–Kier alpha value is -4.53. The molecule has 0 radical (unpaired) electrons. The number of aromatic nitrogens is 4. The van der Waals surface area contributed by atoms with Crippen molar-refractivity contribution >= 4 is 80.0 Å². The Labute approximate surface area is 324 Å². The van der Waals surface area contributed by atoms with Crippen molar-refractivity contribution < 1.29 is 42.9 Å². The minimum Gasteiger partial charge on any atom is -0.470 e. The monoisotopic (exact) mass is 833 g/mol. The van der Waals surface area contributed by atoms with E-state index in [-0.39, 0.29) is 37.5 Å². The fraction of sp³-hybridized carbons (Fsp3) is 0.559. The van der Waals surface area contributed by atoms with E-state index in [0.29, 0.717) is 72.3 Å². The molecule has 1 aromatic carbocycles. The Balaban J connectivity index is 1.08. The van der Waals surface area contributed by atoms with Crippen molar-refractivity contribution in [1.29, 1.82) is 0 Å². The average molecular weight is 835 g/mol. The first-order valence-corrected chi connectivity index (χ1v) is 19.0. The fourth-order valence-corrected chi connectivity index (χ4v) is 6.29. The SMILES string of the molecule is CC(OC(=O)CCC(=O)O[C@@H](CNC(C)(C)C)COc1nsnc1N1CCOCC1)C(=O)OC(C)C(=O)N1CCN/C1=N/c1ccc2nccnc2c1Br. The van der Waals surface area contributed by atoms with E-state index < -0.39 is 42.1 Å². The highest BCUT2D eigenvalue weighted by molar-refractivity contribution is 9.10. The second-order valence-corrected chi connectivity index (χ2v) is 14.8. The first-order valence-electron chi connectivity index (χ1n) is 17.4. The molecule has 0 aliphatic carbocycles. The van der Waals surface area contributed by atoms with E-state index in [0.717, 1.165) is 11.7 Å². The van der Waals surface area contributed by atoms with Gasteiger partial charge in [0.05, 0.1) is 53.5 Å². The smallest absolute Gasteiger partial charge is 0.347 e. The van der Waals surface area contributed by atoms with Crippen molar-refractivity contribution in [1.82, 2.24) is 34.2 Å². The molecule has 0 spiro atoms. The van der Waals surface area contributed by atoms with Gasteiger partial charge >= 0.3 is 17.9 Å². The summed E-state index contributed by atoms with van der Waals surface area (Å²) in [5.74, 6) is -1.69. The Morgan fingerprint density at radius 2 is 1.72 bits per heavy atom. The van der Waals surface area contributed by atoms with Crippen LogP contribution in [0, 0.1) is 0 Å². The number of ether oxygens (including phenoxy) is 5. The van der Waals surface area contributed by atoms with Crippen LogP contribution in [0.2, 0.25) is 0 Å². The van der Waals surface area contributed by atoms with Gasteiger partial charge in [-0.05, 0) is 62.7 Å². The normalized spacial score (nSPS) is 17.1. The largest absolute Gasteiger partial charge is 0.470 e. The number of halogens is 1. The highest BCUT2D eigenvalue weighted by Crippen LogP contribution is 2.32. The number of morpholine rings is 1. The Bertz CT molecular complexity index is 1830. The summed E-state index contributed by atoms with van der Waals surface area (Å²) in [4.78, 5) is 68.2. The zero-order chi connectivity index (χ0) is 38.8. The van der Waals surface area contributed by atoms with E-state index in [1.807, 2.05) is 25.7 Å². The number of aliphatic imine (C=N–C) groups is 1. The van der Waals surface area contributed by atoms with Crippen molar-refractivity contribution in [2.24, 2.45) is 4.99 Å². The van der Waals surface area contributed by atoms with Crippen LogP contribution in [0.15, 0.2) is 34.0 Å². The molecule has 5 rings (SSSR count). The van der Waals surface area contributed by atoms with Gasteiger partial charge in [0.15, 0.2) is 12.2 Å². The van der Waals surface area contributed by atoms with Crippen molar-refractivity contribution in [2.45, 2.75) is 71.3 Å². The Morgan fingerprint density at radius 3 is 2.46 bits per heavy atom. The molecular weight excluding hydrogens is 790 g/mol.